The van der Waals surface area contributed by atoms with Crippen LogP contribution >= 0.6 is 0 Å². The van der Waals surface area contributed by atoms with Crippen molar-refractivity contribution in [1.29, 1.82) is 0 Å². The maximum atomic E-state index is 13.7. The lowest BCUT2D eigenvalue weighted by Gasteiger charge is -2.13. The average Bonchev–Trinajstić information content (AvgIpc) is 2.79. The third-order valence-electron chi connectivity index (χ3n) is 4.25. The first kappa shape index (κ1) is 21.6. The van der Waals surface area contributed by atoms with E-state index in [-0.39, 0.29) is 17.0 Å². The van der Waals surface area contributed by atoms with Crippen LogP contribution < -0.4 is 24.8 Å². The zero-order valence-corrected chi connectivity index (χ0v) is 17.0. The molecule has 7 nitrogen and oxygen atoms in total. The van der Waals surface area contributed by atoms with Crippen LogP contribution in [0.4, 0.5) is 15.8 Å². The number of carbonyl (C=O) groups is 2. The third kappa shape index (κ3) is 5.72. The number of amides is 2. The van der Waals surface area contributed by atoms with Gasteiger partial charge in [-0.1, -0.05) is 24.3 Å². The first-order valence-corrected chi connectivity index (χ1v) is 9.31. The van der Waals surface area contributed by atoms with E-state index < -0.39 is 24.2 Å². The van der Waals surface area contributed by atoms with Gasteiger partial charge in [-0.2, -0.15) is 0 Å². The molecule has 2 amide bonds. The normalized spacial score (nSPS) is 10.2. The molecular formula is C23H21FN2O5. The van der Waals surface area contributed by atoms with E-state index in [2.05, 4.69) is 10.6 Å². The SMILES string of the molecule is COc1cc(NC(=O)c2ccccc2OCC(=O)Nc2ccccc2F)cc(OC)c1. The lowest BCUT2D eigenvalue weighted by Crippen LogP contribution is -2.22. The summed E-state index contributed by atoms with van der Waals surface area (Å²) in [5.41, 5.74) is 0.741. The van der Waals surface area contributed by atoms with Gasteiger partial charge in [-0.05, 0) is 24.3 Å². The summed E-state index contributed by atoms with van der Waals surface area (Å²) in [5, 5.41) is 5.18. The molecule has 3 aromatic rings. The van der Waals surface area contributed by atoms with Crippen LogP contribution in [0.15, 0.2) is 66.7 Å². The average molecular weight is 424 g/mol. The van der Waals surface area contributed by atoms with E-state index in [9.17, 15) is 14.0 Å². The van der Waals surface area contributed by atoms with E-state index in [1.807, 2.05) is 0 Å². The molecule has 0 aliphatic rings. The Balaban J connectivity index is 1.69. The highest BCUT2D eigenvalue weighted by molar-refractivity contribution is 6.06. The van der Waals surface area contributed by atoms with Gasteiger partial charge in [0.1, 0.15) is 23.1 Å². The summed E-state index contributed by atoms with van der Waals surface area (Å²) in [6.07, 6.45) is 0. The van der Waals surface area contributed by atoms with Gasteiger partial charge < -0.3 is 24.8 Å². The summed E-state index contributed by atoms with van der Waals surface area (Å²) in [4.78, 5) is 24.9. The van der Waals surface area contributed by atoms with Gasteiger partial charge in [-0.3, -0.25) is 9.59 Å². The molecule has 0 spiro atoms. The fourth-order valence-electron chi connectivity index (χ4n) is 2.75. The molecule has 0 atom stereocenters. The van der Waals surface area contributed by atoms with Gasteiger partial charge in [0.25, 0.3) is 11.8 Å². The molecule has 0 saturated carbocycles. The quantitative estimate of drug-likeness (QED) is 0.568. The minimum atomic E-state index is -0.558. The van der Waals surface area contributed by atoms with Crippen LogP contribution in [0, 0.1) is 5.82 Å². The van der Waals surface area contributed by atoms with Crippen molar-refractivity contribution in [2.24, 2.45) is 0 Å². The summed E-state index contributed by atoms with van der Waals surface area (Å²) in [5.74, 6) is -0.311. The van der Waals surface area contributed by atoms with E-state index in [0.717, 1.165) is 0 Å². The van der Waals surface area contributed by atoms with Gasteiger partial charge in [0, 0.05) is 23.9 Å². The molecule has 160 valence electrons. The van der Waals surface area contributed by atoms with Crippen molar-refractivity contribution in [3.8, 4) is 17.2 Å². The van der Waals surface area contributed by atoms with Gasteiger partial charge in [-0.15, -0.1) is 0 Å². The second-order valence-electron chi connectivity index (χ2n) is 6.37. The molecule has 0 heterocycles. The van der Waals surface area contributed by atoms with Crippen LogP contribution in [-0.2, 0) is 4.79 Å². The predicted octanol–water partition coefficient (Wildman–Crippen LogP) is 4.11. The summed E-state index contributed by atoms with van der Waals surface area (Å²) in [6, 6.07) is 17.3. The van der Waals surface area contributed by atoms with E-state index in [1.165, 1.54) is 32.4 Å². The molecule has 8 heteroatoms. The maximum Gasteiger partial charge on any atom is 0.262 e. The van der Waals surface area contributed by atoms with E-state index in [4.69, 9.17) is 14.2 Å². The second-order valence-corrected chi connectivity index (χ2v) is 6.37. The highest BCUT2D eigenvalue weighted by Gasteiger charge is 2.15. The van der Waals surface area contributed by atoms with Gasteiger partial charge in [-0.25, -0.2) is 4.39 Å². The minimum absolute atomic E-state index is 0.0501. The van der Waals surface area contributed by atoms with E-state index >= 15 is 0 Å². The Kier molecular flexibility index (Phi) is 7.05. The van der Waals surface area contributed by atoms with Crippen LogP contribution in [-0.4, -0.2) is 32.6 Å². The summed E-state index contributed by atoms with van der Waals surface area (Å²) in [7, 11) is 3.02. The molecule has 0 aliphatic heterocycles. The molecule has 0 bridgehead atoms. The Hall–Kier alpha value is -4.07. The topological polar surface area (TPSA) is 85.9 Å². The molecule has 0 radical (unpaired) electrons. The van der Waals surface area contributed by atoms with Gasteiger partial charge in [0.15, 0.2) is 6.61 Å². The molecule has 0 saturated heterocycles. The van der Waals surface area contributed by atoms with Crippen LogP contribution in [0.5, 0.6) is 17.2 Å². The standard InChI is InChI=1S/C23H21FN2O5/c1-29-16-11-15(12-17(13-16)30-2)25-23(28)18-7-3-6-10-21(18)31-14-22(27)26-20-9-5-4-8-19(20)24/h3-13H,14H2,1-2H3,(H,25,28)(H,26,27). The minimum Gasteiger partial charge on any atom is -0.497 e. The molecular weight excluding hydrogens is 403 g/mol. The van der Waals surface area contributed by atoms with Crippen molar-refractivity contribution in [2.45, 2.75) is 0 Å². The fraction of sp³-hybridized carbons (Fsp3) is 0.130. The number of para-hydroxylation sites is 2. The monoisotopic (exact) mass is 424 g/mol. The van der Waals surface area contributed by atoms with Crippen molar-refractivity contribution >= 4 is 23.2 Å². The Labute approximate surface area is 178 Å². The van der Waals surface area contributed by atoms with E-state index in [0.29, 0.717) is 17.2 Å². The van der Waals surface area contributed by atoms with Crippen molar-refractivity contribution in [2.75, 3.05) is 31.5 Å². The summed E-state index contributed by atoms with van der Waals surface area (Å²) < 4.78 is 29.6. The Morgan fingerprint density at radius 1 is 0.871 bits per heavy atom. The number of rotatable bonds is 8. The molecule has 3 aromatic carbocycles. The Morgan fingerprint density at radius 3 is 2.19 bits per heavy atom. The van der Waals surface area contributed by atoms with E-state index in [1.54, 1.807) is 48.5 Å². The lowest BCUT2D eigenvalue weighted by molar-refractivity contribution is -0.118. The Morgan fingerprint density at radius 2 is 1.52 bits per heavy atom. The fourth-order valence-corrected chi connectivity index (χ4v) is 2.75. The van der Waals surface area contributed by atoms with Crippen LogP contribution in [0.25, 0.3) is 0 Å². The van der Waals surface area contributed by atoms with Crippen LogP contribution in [0.2, 0.25) is 0 Å². The van der Waals surface area contributed by atoms with Gasteiger partial charge >= 0.3 is 0 Å². The third-order valence-corrected chi connectivity index (χ3v) is 4.25. The molecule has 31 heavy (non-hydrogen) atoms. The molecule has 0 aromatic heterocycles. The smallest absolute Gasteiger partial charge is 0.262 e. The van der Waals surface area contributed by atoms with Gasteiger partial charge in [0.2, 0.25) is 0 Å². The first-order valence-electron chi connectivity index (χ1n) is 9.31. The maximum absolute atomic E-state index is 13.7. The van der Waals surface area contributed by atoms with Crippen LogP contribution in [0.1, 0.15) is 10.4 Å². The second kappa shape index (κ2) is 10.1. The molecule has 0 unspecified atom stereocenters. The molecule has 0 aliphatic carbocycles. The number of ether oxygens (including phenoxy) is 3. The molecule has 0 fully saturated rings. The molecule has 2 N–H and O–H groups in total. The van der Waals surface area contributed by atoms with Crippen LogP contribution in [0.3, 0.4) is 0 Å². The number of nitrogens with one attached hydrogen (secondary N) is 2. The van der Waals surface area contributed by atoms with Crippen molar-refractivity contribution in [3.63, 3.8) is 0 Å². The number of benzene rings is 3. The largest absolute Gasteiger partial charge is 0.497 e. The number of methoxy groups -OCH3 is 2. The van der Waals surface area contributed by atoms with Crippen molar-refractivity contribution in [3.05, 3.63) is 78.1 Å². The predicted molar refractivity (Wildman–Crippen MR) is 114 cm³/mol. The number of halogens is 1. The number of hydrogen-bond donors (Lipinski definition) is 2. The zero-order chi connectivity index (χ0) is 22.2. The zero-order valence-electron chi connectivity index (χ0n) is 17.0. The number of anilines is 2. The number of carbonyl (C=O) groups excluding carboxylic acids is 2. The summed E-state index contributed by atoms with van der Waals surface area (Å²) in [6.45, 7) is -0.397. The molecule has 3 rings (SSSR count). The lowest BCUT2D eigenvalue weighted by atomic mass is 10.1. The first-order chi connectivity index (χ1) is 15.0. The van der Waals surface area contributed by atoms with Gasteiger partial charge in [0.05, 0.1) is 25.5 Å². The summed E-state index contributed by atoms with van der Waals surface area (Å²) >= 11 is 0. The number of hydrogen-bond acceptors (Lipinski definition) is 5. The van der Waals surface area contributed by atoms with Crippen molar-refractivity contribution < 1.29 is 28.2 Å². The highest BCUT2D eigenvalue weighted by Crippen LogP contribution is 2.27. The highest BCUT2D eigenvalue weighted by atomic mass is 19.1. The van der Waals surface area contributed by atoms with Crippen molar-refractivity contribution in [1.82, 2.24) is 0 Å². The Bertz CT molecular complexity index is 1060.